The second kappa shape index (κ2) is 5.51. The van der Waals surface area contributed by atoms with Gasteiger partial charge in [-0.15, -0.1) is 0 Å². The van der Waals surface area contributed by atoms with Crippen LogP contribution in [-0.2, 0) is 22.8 Å². The Hall–Kier alpha value is -1.57. The van der Waals surface area contributed by atoms with Gasteiger partial charge in [0.1, 0.15) is 5.82 Å². The van der Waals surface area contributed by atoms with Crippen LogP contribution in [0.25, 0.3) is 0 Å². The molecule has 3 rings (SSSR count). The molecule has 2 aliphatic heterocycles. The van der Waals surface area contributed by atoms with E-state index >= 15 is 0 Å². The van der Waals surface area contributed by atoms with Gasteiger partial charge < -0.3 is 14.2 Å². The van der Waals surface area contributed by atoms with E-state index in [0.29, 0.717) is 32.1 Å². The van der Waals surface area contributed by atoms with Crippen LogP contribution in [0.4, 0.5) is 13.2 Å². The molecule has 0 unspecified atom stereocenters. The predicted octanol–water partition coefficient (Wildman–Crippen LogP) is 2.18. The number of imidazole rings is 1. The summed E-state index contributed by atoms with van der Waals surface area (Å²) >= 11 is 0. The molecule has 0 spiro atoms. The Kier molecular flexibility index (Phi) is 3.90. The second-order valence-corrected chi connectivity index (χ2v) is 6.74. The first-order valence-electron chi connectivity index (χ1n) is 7.68. The Morgan fingerprint density at radius 1 is 1.43 bits per heavy atom. The number of hydrogen-bond acceptors (Lipinski definition) is 3. The highest BCUT2D eigenvalue weighted by Gasteiger charge is 2.45. The van der Waals surface area contributed by atoms with E-state index in [1.807, 2.05) is 6.92 Å². The Morgan fingerprint density at radius 3 is 2.65 bits per heavy atom. The van der Waals surface area contributed by atoms with Gasteiger partial charge in [-0.3, -0.25) is 4.79 Å². The summed E-state index contributed by atoms with van der Waals surface area (Å²) < 4.78 is 45.0. The zero-order valence-corrected chi connectivity index (χ0v) is 13.2. The molecule has 5 nitrogen and oxygen atoms in total. The van der Waals surface area contributed by atoms with E-state index in [9.17, 15) is 18.0 Å². The minimum atomic E-state index is -4.45. The lowest BCUT2D eigenvalue weighted by molar-refractivity contribution is -0.170. The number of amides is 1. The normalized spacial score (nSPS) is 24.4. The number of alkyl halides is 3. The van der Waals surface area contributed by atoms with Crippen molar-refractivity contribution in [2.24, 2.45) is 12.5 Å². The van der Waals surface area contributed by atoms with Crippen LogP contribution < -0.4 is 0 Å². The van der Waals surface area contributed by atoms with Crippen LogP contribution in [0.5, 0.6) is 0 Å². The lowest BCUT2D eigenvalue weighted by atomic mass is 9.85. The molecule has 2 aliphatic rings. The Bertz CT molecular complexity index is 608. The summed E-state index contributed by atoms with van der Waals surface area (Å²) in [7, 11) is 1.57. The minimum absolute atomic E-state index is 0.0266. The molecule has 0 bridgehead atoms. The van der Waals surface area contributed by atoms with Gasteiger partial charge in [0.2, 0.25) is 5.91 Å². The molecule has 0 aromatic carbocycles. The molecule has 0 aliphatic carbocycles. The summed E-state index contributed by atoms with van der Waals surface area (Å²) in [4.78, 5) is 18.1. The average molecular weight is 331 g/mol. The molecule has 0 saturated carbocycles. The van der Waals surface area contributed by atoms with Gasteiger partial charge in [-0.1, -0.05) is 0 Å². The van der Waals surface area contributed by atoms with Crippen LogP contribution in [0.3, 0.4) is 0 Å². The molecule has 0 N–H and O–H groups in total. The number of rotatable bonds is 2. The van der Waals surface area contributed by atoms with E-state index < -0.39 is 17.3 Å². The van der Waals surface area contributed by atoms with Crippen molar-refractivity contribution in [3.05, 3.63) is 17.7 Å². The number of ether oxygens (including phenoxy) is 1. The number of piperidine rings is 1. The zero-order chi connectivity index (χ0) is 16.8. The summed E-state index contributed by atoms with van der Waals surface area (Å²) in [6, 6.07) is 0. The van der Waals surface area contributed by atoms with Crippen LogP contribution >= 0.6 is 0 Å². The number of likely N-dealkylation sites (tertiary alicyclic amines) is 1. The monoisotopic (exact) mass is 331 g/mol. The van der Waals surface area contributed by atoms with Crippen molar-refractivity contribution in [2.45, 2.75) is 31.9 Å². The van der Waals surface area contributed by atoms with Crippen molar-refractivity contribution in [1.82, 2.24) is 14.5 Å². The van der Waals surface area contributed by atoms with Crippen LogP contribution in [0.1, 0.15) is 37.2 Å². The van der Waals surface area contributed by atoms with Crippen LogP contribution in [0.2, 0.25) is 0 Å². The number of hydrogen-bond donors (Lipinski definition) is 0. The first-order valence-corrected chi connectivity index (χ1v) is 7.68. The first kappa shape index (κ1) is 16.3. The van der Waals surface area contributed by atoms with Crippen LogP contribution in [0.15, 0.2) is 6.20 Å². The third-order valence-electron chi connectivity index (χ3n) is 4.63. The van der Waals surface area contributed by atoms with Crippen molar-refractivity contribution in [2.75, 3.05) is 26.3 Å². The fourth-order valence-electron chi connectivity index (χ4n) is 3.28. The average Bonchev–Trinajstić information content (AvgIpc) is 2.86. The molecule has 128 valence electrons. The largest absolute Gasteiger partial charge is 0.434 e. The molecular weight excluding hydrogens is 311 g/mol. The van der Waals surface area contributed by atoms with E-state index in [1.165, 1.54) is 4.57 Å². The Labute approximate surface area is 132 Å². The van der Waals surface area contributed by atoms with Gasteiger partial charge in [-0.2, -0.15) is 13.2 Å². The van der Waals surface area contributed by atoms with Gasteiger partial charge in [0.25, 0.3) is 0 Å². The molecule has 1 amide bonds. The molecule has 2 fully saturated rings. The smallest absolute Gasteiger partial charge is 0.379 e. The fraction of sp³-hybridized carbons (Fsp3) is 0.733. The van der Waals surface area contributed by atoms with E-state index in [0.717, 1.165) is 19.0 Å². The van der Waals surface area contributed by atoms with Gasteiger partial charge >= 0.3 is 6.18 Å². The lowest BCUT2D eigenvalue weighted by Gasteiger charge is -2.42. The number of nitrogens with zero attached hydrogens (tertiary/aromatic N) is 3. The maximum Gasteiger partial charge on any atom is 0.434 e. The van der Waals surface area contributed by atoms with Gasteiger partial charge in [0, 0.05) is 32.3 Å². The quantitative estimate of drug-likeness (QED) is 0.834. The molecule has 1 aromatic rings. The third-order valence-corrected chi connectivity index (χ3v) is 4.63. The molecule has 23 heavy (non-hydrogen) atoms. The number of carbonyl (C=O) groups excluding carboxylic acids is 1. The maximum atomic E-state index is 12.8. The third kappa shape index (κ3) is 2.96. The highest BCUT2D eigenvalue weighted by atomic mass is 19.4. The molecule has 0 radical (unpaired) electrons. The fourth-order valence-corrected chi connectivity index (χ4v) is 3.28. The van der Waals surface area contributed by atoms with E-state index in [2.05, 4.69) is 4.98 Å². The molecule has 2 saturated heterocycles. The predicted molar refractivity (Wildman–Crippen MR) is 75.7 cm³/mol. The summed E-state index contributed by atoms with van der Waals surface area (Å²) in [5.74, 6) is 0.252. The first-order chi connectivity index (χ1) is 10.7. The minimum Gasteiger partial charge on any atom is -0.379 e. The van der Waals surface area contributed by atoms with Crippen LogP contribution in [0, 0.1) is 5.41 Å². The molecule has 3 heterocycles. The van der Waals surface area contributed by atoms with Gasteiger partial charge in [-0.05, 0) is 19.8 Å². The van der Waals surface area contributed by atoms with Crippen LogP contribution in [-0.4, -0.2) is 46.7 Å². The van der Waals surface area contributed by atoms with Crippen molar-refractivity contribution >= 4 is 5.91 Å². The van der Waals surface area contributed by atoms with E-state index in [4.69, 9.17) is 4.74 Å². The van der Waals surface area contributed by atoms with Gasteiger partial charge in [0.15, 0.2) is 5.69 Å². The van der Waals surface area contributed by atoms with E-state index in [1.54, 1.807) is 11.9 Å². The molecular formula is C15H20F3N3O2. The van der Waals surface area contributed by atoms with E-state index in [-0.39, 0.29) is 11.8 Å². The Balaban J connectivity index is 1.76. The highest BCUT2D eigenvalue weighted by molar-refractivity contribution is 5.83. The highest BCUT2D eigenvalue weighted by Crippen LogP contribution is 2.35. The van der Waals surface area contributed by atoms with Crippen molar-refractivity contribution in [3.63, 3.8) is 0 Å². The van der Waals surface area contributed by atoms with Crippen molar-refractivity contribution < 1.29 is 22.7 Å². The number of aryl methyl sites for hydroxylation is 1. The Morgan fingerprint density at radius 2 is 2.13 bits per heavy atom. The summed E-state index contributed by atoms with van der Waals surface area (Å²) in [5, 5.41) is 0. The summed E-state index contributed by atoms with van der Waals surface area (Å²) in [6.07, 6.45) is -1.94. The second-order valence-electron chi connectivity index (χ2n) is 6.74. The zero-order valence-electron chi connectivity index (χ0n) is 13.2. The lowest BCUT2D eigenvalue weighted by Crippen LogP contribution is -2.55. The summed E-state index contributed by atoms with van der Waals surface area (Å²) in [5.41, 5.74) is -1.36. The van der Waals surface area contributed by atoms with Gasteiger partial charge in [0.05, 0.1) is 18.6 Å². The number of aromatic nitrogens is 2. The molecule has 1 atom stereocenters. The summed E-state index contributed by atoms with van der Waals surface area (Å²) in [6.45, 7) is 3.74. The van der Waals surface area contributed by atoms with Gasteiger partial charge in [-0.25, -0.2) is 4.98 Å². The topological polar surface area (TPSA) is 47.4 Å². The standard InChI is InChI=1S/C15H20F3N3O2/c1-14(8-23-9-14)13(22)21-5-3-4-10(6-21)12-19-11(7-20(12)2)15(16,17)18/h7,10H,3-6,8-9H2,1-2H3/t10-/m0/s1. The maximum absolute atomic E-state index is 12.8. The molecule has 1 aromatic heterocycles. The van der Waals surface area contributed by atoms with Crippen molar-refractivity contribution in [1.29, 1.82) is 0 Å². The van der Waals surface area contributed by atoms with Crippen molar-refractivity contribution in [3.8, 4) is 0 Å². The number of halogens is 3. The molecule has 8 heteroatoms. The SMILES string of the molecule is Cn1cc(C(F)(F)F)nc1[C@H]1CCCN(C(=O)C2(C)COC2)C1. The number of carbonyl (C=O) groups is 1.